The topological polar surface area (TPSA) is 46.5 Å². The minimum Gasteiger partial charge on any atom is -0.512 e. The van der Waals surface area contributed by atoms with Crippen LogP contribution in [0.15, 0.2) is 11.8 Å². The predicted molar refractivity (Wildman–Crippen MR) is 42.7 cm³/mol. The lowest BCUT2D eigenvalue weighted by atomic mass is 9.93. The van der Waals surface area contributed by atoms with Crippen molar-refractivity contribution in [1.29, 1.82) is 0 Å². The first-order chi connectivity index (χ1) is 6.52. The maximum Gasteiger partial charge on any atom is 0.345 e. The third-order valence-corrected chi connectivity index (χ3v) is 2.98. The lowest BCUT2D eigenvalue weighted by Gasteiger charge is -2.17. The van der Waals surface area contributed by atoms with E-state index in [1.165, 1.54) is 6.08 Å². The molecule has 2 bridgehead atoms. The van der Waals surface area contributed by atoms with Crippen LogP contribution >= 0.6 is 0 Å². The van der Waals surface area contributed by atoms with Crippen LogP contribution in [-0.2, 0) is 9.53 Å². The molecule has 14 heavy (non-hydrogen) atoms. The van der Waals surface area contributed by atoms with Gasteiger partial charge in [-0.3, -0.25) is 4.79 Å². The molecule has 3 nitrogen and oxygen atoms in total. The molecule has 5 heteroatoms. The molecular formula is C9H10F2O3. The summed E-state index contributed by atoms with van der Waals surface area (Å²) in [5.74, 6) is -1.81. The Bertz CT molecular complexity index is 300. The van der Waals surface area contributed by atoms with E-state index in [2.05, 4.69) is 4.74 Å². The fourth-order valence-corrected chi connectivity index (χ4v) is 2.33. The quantitative estimate of drug-likeness (QED) is 0.741. The summed E-state index contributed by atoms with van der Waals surface area (Å²) in [6.07, 6.45) is 0.442. The third kappa shape index (κ3) is 1.15. The Labute approximate surface area is 79.4 Å². The van der Waals surface area contributed by atoms with Crippen LogP contribution in [-0.4, -0.2) is 23.6 Å². The number of hydrogen-bond donors (Lipinski definition) is 1. The second-order valence-electron chi connectivity index (χ2n) is 3.70. The molecule has 1 fully saturated rings. The lowest BCUT2D eigenvalue weighted by Crippen LogP contribution is -2.24. The van der Waals surface area contributed by atoms with Gasteiger partial charge in [-0.25, -0.2) is 0 Å². The first kappa shape index (κ1) is 9.58. The number of fused-ring (bicyclic) bond motifs is 2. The summed E-state index contributed by atoms with van der Waals surface area (Å²) in [6, 6.07) is 0. The van der Waals surface area contributed by atoms with Crippen molar-refractivity contribution < 1.29 is 23.4 Å². The predicted octanol–water partition coefficient (Wildman–Crippen LogP) is 1.50. The number of aliphatic hydroxyl groups excluding tert-OH is 1. The normalized spacial score (nSPS) is 40.9. The van der Waals surface area contributed by atoms with E-state index in [4.69, 9.17) is 0 Å². The monoisotopic (exact) mass is 204 g/mol. The number of ketones is 1. The molecule has 2 unspecified atom stereocenters. The average molecular weight is 204 g/mol. The molecule has 0 amide bonds. The SMILES string of the molecule is CC1C(=O)[C@@H]2C=C(O)[C@H]1C2OC(F)F. The van der Waals surface area contributed by atoms with Crippen LogP contribution in [0.3, 0.4) is 0 Å². The van der Waals surface area contributed by atoms with Crippen LogP contribution in [0.1, 0.15) is 6.92 Å². The summed E-state index contributed by atoms with van der Waals surface area (Å²) in [4.78, 5) is 11.4. The summed E-state index contributed by atoms with van der Waals surface area (Å²) in [6.45, 7) is -1.28. The fourth-order valence-electron chi connectivity index (χ4n) is 2.33. The van der Waals surface area contributed by atoms with Crippen LogP contribution in [0.4, 0.5) is 8.78 Å². The van der Waals surface area contributed by atoms with Gasteiger partial charge < -0.3 is 9.84 Å². The largest absolute Gasteiger partial charge is 0.512 e. The molecular weight excluding hydrogens is 194 g/mol. The number of rotatable bonds is 2. The molecule has 0 spiro atoms. The van der Waals surface area contributed by atoms with Gasteiger partial charge in [-0.15, -0.1) is 0 Å². The zero-order valence-electron chi connectivity index (χ0n) is 7.48. The van der Waals surface area contributed by atoms with E-state index in [0.29, 0.717) is 0 Å². The zero-order valence-corrected chi connectivity index (χ0v) is 7.48. The standard InChI is InChI=1S/C9H10F2O3/c1-3-6-5(12)2-4(7(3)13)8(6)14-9(10)11/h2-4,6,8-9,12H,1H3/t3?,4-,6-,8?/m0/s1. The minimum absolute atomic E-state index is 0.00718. The van der Waals surface area contributed by atoms with Gasteiger partial charge in [-0.2, -0.15) is 8.78 Å². The minimum atomic E-state index is -2.90. The fraction of sp³-hybridized carbons (Fsp3) is 0.667. The summed E-state index contributed by atoms with van der Waals surface area (Å²) < 4.78 is 28.4. The number of hydrogen-bond acceptors (Lipinski definition) is 3. The molecule has 2 aliphatic carbocycles. The Morgan fingerprint density at radius 3 is 2.71 bits per heavy atom. The summed E-state index contributed by atoms with van der Waals surface area (Å²) in [5.41, 5.74) is 0. The summed E-state index contributed by atoms with van der Waals surface area (Å²) in [7, 11) is 0. The van der Waals surface area contributed by atoms with Gasteiger partial charge in [0.1, 0.15) is 5.78 Å². The van der Waals surface area contributed by atoms with E-state index in [9.17, 15) is 18.7 Å². The highest BCUT2D eigenvalue weighted by Gasteiger charge is 2.55. The summed E-state index contributed by atoms with van der Waals surface area (Å²) in [5, 5.41) is 9.37. The Kier molecular flexibility index (Phi) is 2.06. The van der Waals surface area contributed by atoms with Crippen molar-refractivity contribution in [3.63, 3.8) is 0 Å². The zero-order chi connectivity index (χ0) is 10.5. The molecule has 0 saturated heterocycles. The maximum absolute atomic E-state index is 12.0. The molecule has 0 heterocycles. The van der Waals surface area contributed by atoms with Crippen LogP contribution < -0.4 is 0 Å². The Morgan fingerprint density at radius 1 is 1.57 bits per heavy atom. The Hall–Kier alpha value is -0.970. The lowest BCUT2D eigenvalue weighted by molar-refractivity contribution is -0.174. The van der Waals surface area contributed by atoms with Crippen molar-refractivity contribution >= 4 is 5.78 Å². The third-order valence-electron chi connectivity index (χ3n) is 2.98. The molecule has 0 radical (unpaired) electrons. The molecule has 2 aliphatic rings. The number of alkyl halides is 2. The first-order valence-electron chi connectivity index (χ1n) is 4.40. The smallest absolute Gasteiger partial charge is 0.345 e. The van der Waals surface area contributed by atoms with Gasteiger partial charge in [-0.1, -0.05) is 6.92 Å². The Morgan fingerprint density at radius 2 is 2.21 bits per heavy atom. The van der Waals surface area contributed by atoms with Crippen LogP contribution in [0.2, 0.25) is 0 Å². The van der Waals surface area contributed by atoms with Gasteiger partial charge in [0, 0.05) is 5.92 Å². The second kappa shape index (κ2) is 3.02. The maximum atomic E-state index is 12.0. The van der Waals surface area contributed by atoms with Gasteiger partial charge in [0.15, 0.2) is 0 Å². The number of ether oxygens (including phenoxy) is 1. The van der Waals surface area contributed by atoms with Crippen molar-refractivity contribution in [1.82, 2.24) is 0 Å². The molecule has 78 valence electrons. The van der Waals surface area contributed by atoms with Crippen molar-refractivity contribution in [2.24, 2.45) is 17.8 Å². The van der Waals surface area contributed by atoms with E-state index in [1.54, 1.807) is 6.92 Å². The molecule has 2 rings (SSSR count). The van der Waals surface area contributed by atoms with Crippen molar-refractivity contribution in [2.75, 3.05) is 0 Å². The highest BCUT2D eigenvalue weighted by molar-refractivity contribution is 5.90. The highest BCUT2D eigenvalue weighted by Crippen LogP contribution is 2.46. The van der Waals surface area contributed by atoms with Crippen LogP contribution in [0, 0.1) is 17.8 Å². The van der Waals surface area contributed by atoms with Crippen LogP contribution in [0.25, 0.3) is 0 Å². The van der Waals surface area contributed by atoms with Gasteiger partial charge in [0.05, 0.1) is 23.7 Å². The highest BCUT2D eigenvalue weighted by atomic mass is 19.3. The number of halogens is 2. The first-order valence-corrected chi connectivity index (χ1v) is 4.40. The van der Waals surface area contributed by atoms with Crippen molar-refractivity contribution in [3.05, 3.63) is 11.8 Å². The number of aliphatic hydroxyl groups is 1. The van der Waals surface area contributed by atoms with E-state index in [1.807, 2.05) is 0 Å². The van der Waals surface area contributed by atoms with E-state index in [0.717, 1.165) is 0 Å². The van der Waals surface area contributed by atoms with Crippen molar-refractivity contribution in [3.8, 4) is 0 Å². The van der Waals surface area contributed by atoms with Gasteiger partial charge in [0.25, 0.3) is 0 Å². The average Bonchev–Trinajstić information content (AvgIpc) is 2.47. The van der Waals surface area contributed by atoms with Crippen LogP contribution in [0.5, 0.6) is 0 Å². The van der Waals surface area contributed by atoms with Gasteiger partial charge in [0.2, 0.25) is 0 Å². The van der Waals surface area contributed by atoms with E-state index in [-0.39, 0.29) is 11.5 Å². The van der Waals surface area contributed by atoms with E-state index >= 15 is 0 Å². The molecule has 4 atom stereocenters. The van der Waals surface area contributed by atoms with Crippen molar-refractivity contribution in [2.45, 2.75) is 19.6 Å². The molecule has 0 aromatic heterocycles. The molecule has 0 aromatic rings. The summed E-state index contributed by atoms with van der Waals surface area (Å²) >= 11 is 0. The van der Waals surface area contributed by atoms with Gasteiger partial charge >= 0.3 is 6.61 Å². The molecule has 1 saturated carbocycles. The number of Topliss-reactive ketones (excluding diaryl/α,β-unsaturated/α-hetero) is 1. The number of carbonyl (C=O) groups excluding carboxylic acids is 1. The van der Waals surface area contributed by atoms with E-state index < -0.39 is 30.5 Å². The molecule has 0 aromatic carbocycles. The molecule has 0 aliphatic heterocycles. The molecule has 1 N–H and O–H groups in total. The number of carbonyl (C=O) groups is 1. The van der Waals surface area contributed by atoms with Gasteiger partial charge in [-0.05, 0) is 6.08 Å². The second-order valence-corrected chi connectivity index (χ2v) is 3.70. The Balaban J connectivity index is 2.21.